The lowest BCUT2D eigenvalue weighted by molar-refractivity contribution is -0.111. The van der Waals surface area contributed by atoms with Crippen LogP contribution >= 0.6 is 11.8 Å². The molecule has 8 heteroatoms. The molecule has 1 N–H and O–H groups in total. The van der Waals surface area contributed by atoms with E-state index < -0.39 is 9.28 Å². The summed E-state index contributed by atoms with van der Waals surface area (Å²) < 4.78 is 24.8. The van der Waals surface area contributed by atoms with Crippen LogP contribution in [0.15, 0.2) is 0 Å². The predicted octanol–water partition coefficient (Wildman–Crippen LogP) is 13.7. The van der Waals surface area contributed by atoms with E-state index in [-0.39, 0.29) is 5.54 Å². The molecule has 6 nitrogen and oxygen atoms in total. The molecule has 0 rings (SSSR count). The summed E-state index contributed by atoms with van der Waals surface area (Å²) in [5.74, 6) is 0.865. The highest BCUT2D eigenvalue weighted by Crippen LogP contribution is 2.26. The van der Waals surface area contributed by atoms with E-state index in [1.165, 1.54) is 179 Å². The van der Waals surface area contributed by atoms with Gasteiger partial charge in [0, 0.05) is 24.3 Å². The molecule has 0 aromatic carbocycles. The van der Waals surface area contributed by atoms with E-state index in [4.69, 9.17) is 18.3 Å². The first-order valence-corrected chi connectivity index (χ1v) is 26.5. The van der Waals surface area contributed by atoms with Crippen LogP contribution in [0.3, 0.4) is 0 Å². The Balaban J connectivity index is 5.08. The third-order valence-corrected chi connectivity index (χ3v) is 14.0. The lowest BCUT2D eigenvalue weighted by atomic mass is 9.87. The highest BCUT2D eigenvalue weighted by molar-refractivity contribution is 8.13. The van der Waals surface area contributed by atoms with Gasteiger partial charge >= 0.3 is 9.28 Å². The predicted molar refractivity (Wildman–Crippen MR) is 241 cm³/mol. The molecule has 0 saturated carbocycles. The average Bonchev–Trinajstić information content (AvgIpc) is 3.18. The van der Waals surface area contributed by atoms with Gasteiger partial charge in [-0.05, 0) is 45.2 Å². The zero-order valence-electron chi connectivity index (χ0n) is 37.1. The third kappa shape index (κ3) is 37.6. The molecule has 0 fully saturated rings. The molecule has 54 heavy (non-hydrogen) atoms. The van der Waals surface area contributed by atoms with Gasteiger partial charge in [-0.3, -0.25) is 4.79 Å². The van der Waals surface area contributed by atoms with Crippen molar-refractivity contribution in [2.24, 2.45) is 0 Å². The van der Waals surface area contributed by atoms with Gasteiger partial charge in [0.25, 0.3) is 0 Å². The van der Waals surface area contributed by atoms with E-state index in [1.54, 1.807) is 0 Å². The van der Waals surface area contributed by atoms with Crippen LogP contribution in [-0.4, -0.2) is 72.4 Å². The van der Waals surface area contributed by atoms with Crippen LogP contribution in [0.2, 0.25) is 6.04 Å². The zero-order chi connectivity index (χ0) is 39.5. The van der Waals surface area contributed by atoms with E-state index in [9.17, 15) is 4.79 Å². The highest BCUT2D eigenvalue weighted by atomic mass is 32.2. The van der Waals surface area contributed by atoms with Crippen molar-refractivity contribution in [3.8, 4) is 0 Å². The molecular weight excluding hydrogens is 707 g/mol. The van der Waals surface area contributed by atoms with Gasteiger partial charge in [0.05, 0.1) is 33.0 Å². The van der Waals surface area contributed by atoms with Gasteiger partial charge < -0.3 is 23.6 Å². The summed E-state index contributed by atoms with van der Waals surface area (Å²) in [5.41, 5.74) is 0.00371. The Morgan fingerprint density at radius 2 is 0.926 bits per heavy atom. The second-order valence-electron chi connectivity index (χ2n) is 16.1. The molecule has 0 aromatic heterocycles. The minimum absolute atomic E-state index is 0.00371. The van der Waals surface area contributed by atoms with Gasteiger partial charge in [-0.25, -0.2) is 0 Å². The molecule has 0 aliphatic rings. The van der Waals surface area contributed by atoms with E-state index in [2.05, 4.69) is 40.1 Å². The SMILES string of the molecule is CCCCCCCCCCCCC(CCCCCCCCCCCC)(CO[SiH](CCCSC(=O)CCCCCCC)OCCOCCOCCCC)NC. The first-order chi connectivity index (χ1) is 26.6. The summed E-state index contributed by atoms with van der Waals surface area (Å²) in [6.45, 7) is 12.9. The summed E-state index contributed by atoms with van der Waals surface area (Å²) >= 11 is 1.52. The molecule has 0 aromatic rings. The molecule has 0 amide bonds. The van der Waals surface area contributed by atoms with Crippen molar-refractivity contribution in [1.29, 1.82) is 0 Å². The van der Waals surface area contributed by atoms with Crippen LogP contribution in [0.1, 0.15) is 227 Å². The van der Waals surface area contributed by atoms with Gasteiger partial charge in [-0.15, -0.1) is 0 Å². The van der Waals surface area contributed by atoms with Gasteiger partial charge in [0.2, 0.25) is 0 Å². The molecule has 0 bridgehead atoms. The van der Waals surface area contributed by atoms with Crippen molar-refractivity contribution in [1.82, 2.24) is 5.32 Å². The summed E-state index contributed by atoms with van der Waals surface area (Å²) in [6, 6.07) is 0.938. The zero-order valence-corrected chi connectivity index (χ0v) is 39.1. The molecule has 0 radical (unpaired) electrons. The fourth-order valence-corrected chi connectivity index (χ4v) is 10.1. The summed E-state index contributed by atoms with van der Waals surface area (Å²) in [5, 5.41) is 4.16. The molecule has 1 unspecified atom stereocenters. The van der Waals surface area contributed by atoms with Gasteiger partial charge in [0.1, 0.15) is 0 Å². The van der Waals surface area contributed by atoms with Crippen molar-refractivity contribution in [3.05, 3.63) is 0 Å². The normalized spacial score (nSPS) is 12.5. The van der Waals surface area contributed by atoms with Gasteiger partial charge in [0.15, 0.2) is 5.12 Å². The molecule has 0 aliphatic carbocycles. The maximum absolute atomic E-state index is 12.5. The number of unbranched alkanes of at least 4 members (excludes halogenated alkanes) is 23. The van der Waals surface area contributed by atoms with Crippen molar-refractivity contribution < 1.29 is 23.1 Å². The second kappa shape index (κ2) is 44.1. The maximum Gasteiger partial charge on any atom is 0.321 e. The van der Waals surface area contributed by atoms with E-state index >= 15 is 0 Å². The highest BCUT2D eigenvalue weighted by Gasteiger charge is 2.29. The van der Waals surface area contributed by atoms with Crippen LogP contribution in [0.25, 0.3) is 0 Å². The summed E-state index contributed by atoms with van der Waals surface area (Å²) in [6.07, 6.45) is 39.5. The number of ether oxygens (including phenoxy) is 2. The molecule has 0 spiro atoms. The minimum atomic E-state index is -1.93. The Hall–Kier alpha value is 0.0369. The average molecular weight is 802 g/mol. The van der Waals surface area contributed by atoms with Crippen molar-refractivity contribution in [3.63, 3.8) is 0 Å². The van der Waals surface area contributed by atoms with E-state index in [1.807, 2.05) is 0 Å². The number of carbonyl (C=O) groups is 1. The number of thioether (sulfide) groups is 1. The quantitative estimate of drug-likeness (QED) is 0.0486. The first kappa shape index (κ1) is 54.0. The lowest BCUT2D eigenvalue weighted by Gasteiger charge is -2.35. The van der Waals surface area contributed by atoms with Crippen molar-refractivity contribution >= 4 is 26.2 Å². The number of hydrogen-bond acceptors (Lipinski definition) is 7. The topological polar surface area (TPSA) is 66.0 Å². The molecule has 0 heterocycles. The largest absolute Gasteiger partial charge is 0.395 e. The smallest absolute Gasteiger partial charge is 0.321 e. The Bertz CT molecular complexity index is 724. The monoisotopic (exact) mass is 802 g/mol. The Labute approximate surface area is 344 Å². The Morgan fingerprint density at radius 3 is 1.41 bits per heavy atom. The molecule has 1 atom stereocenters. The van der Waals surface area contributed by atoms with Crippen molar-refractivity contribution in [2.45, 2.75) is 238 Å². The fraction of sp³-hybridized carbons (Fsp3) is 0.978. The van der Waals surface area contributed by atoms with Gasteiger partial charge in [-0.1, -0.05) is 200 Å². The van der Waals surface area contributed by atoms with E-state index in [0.717, 1.165) is 50.7 Å². The van der Waals surface area contributed by atoms with Crippen molar-refractivity contribution in [2.75, 3.05) is 52.4 Å². The standard InChI is InChI=1S/C46H95NO5SSi/c1-6-10-14-17-19-21-23-25-28-31-35-46(47-5,36-32-29-26-24-22-20-18-15-11-7-2)44-52-54(51-41-40-50-39-38-49-37-13-9-4)43-33-42-53-45(48)34-30-27-16-12-8-3/h47,54H,6-44H2,1-5H3. The van der Waals surface area contributed by atoms with Gasteiger partial charge in [-0.2, -0.15) is 0 Å². The minimum Gasteiger partial charge on any atom is -0.395 e. The Kier molecular flexibility index (Phi) is 44.2. The lowest BCUT2D eigenvalue weighted by Crippen LogP contribution is -2.49. The number of carbonyl (C=O) groups excluding carboxylic acids is 1. The summed E-state index contributed by atoms with van der Waals surface area (Å²) in [7, 11) is 0.227. The van der Waals surface area contributed by atoms with Crippen LogP contribution in [0.5, 0.6) is 0 Å². The number of hydrogen-bond donors (Lipinski definition) is 1. The fourth-order valence-electron chi connectivity index (χ4n) is 7.15. The molecule has 0 saturated heterocycles. The Morgan fingerprint density at radius 1 is 0.500 bits per heavy atom. The van der Waals surface area contributed by atoms with Crippen LogP contribution in [-0.2, 0) is 23.1 Å². The van der Waals surface area contributed by atoms with Crippen LogP contribution < -0.4 is 5.32 Å². The summed E-state index contributed by atoms with van der Waals surface area (Å²) in [4.78, 5) is 12.5. The first-order valence-electron chi connectivity index (χ1n) is 23.8. The molecular formula is C46H95NO5SSi. The molecule has 0 aliphatic heterocycles. The maximum atomic E-state index is 12.5. The van der Waals surface area contributed by atoms with E-state index in [0.29, 0.717) is 38.0 Å². The number of likely N-dealkylation sites (N-methyl/N-ethyl adjacent to an activating group) is 1. The second-order valence-corrected chi connectivity index (χ2v) is 19.4. The van der Waals surface area contributed by atoms with Crippen LogP contribution in [0, 0.1) is 0 Å². The number of nitrogens with one attached hydrogen (secondary N) is 1. The third-order valence-electron chi connectivity index (χ3n) is 11.0. The molecule has 324 valence electrons. The number of rotatable bonds is 46. The van der Waals surface area contributed by atoms with Crippen LogP contribution in [0.4, 0.5) is 0 Å².